The number of nitriles is 1. The molecule has 2 heterocycles. The van der Waals surface area contributed by atoms with Crippen molar-refractivity contribution >= 4 is 27.7 Å². The lowest BCUT2D eigenvalue weighted by Crippen LogP contribution is -2.54. The van der Waals surface area contributed by atoms with Crippen LogP contribution in [0.15, 0.2) is 10.5 Å². The van der Waals surface area contributed by atoms with Gasteiger partial charge < -0.3 is 14.5 Å². The fraction of sp³-hybridized carbons (Fsp3) is 0.611. The molecule has 1 atom stereocenters. The highest BCUT2D eigenvalue weighted by atomic mass is 79.9. The van der Waals surface area contributed by atoms with Gasteiger partial charge in [-0.2, -0.15) is 5.26 Å². The predicted molar refractivity (Wildman–Crippen MR) is 98.5 cm³/mol. The van der Waals surface area contributed by atoms with E-state index in [2.05, 4.69) is 26.9 Å². The molecule has 2 aliphatic rings. The van der Waals surface area contributed by atoms with E-state index in [9.17, 15) is 10.1 Å². The normalized spacial score (nSPS) is 20.5. The lowest BCUT2D eigenvalue weighted by molar-refractivity contribution is -0.134. The number of hydrogen-bond acceptors (Lipinski definition) is 5. The Morgan fingerprint density at radius 3 is 2.84 bits per heavy atom. The van der Waals surface area contributed by atoms with Crippen LogP contribution in [0.2, 0.25) is 0 Å². The number of anilines is 1. The average molecular weight is 407 g/mol. The van der Waals surface area contributed by atoms with Gasteiger partial charge in [0.25, 0.3) is 0 Å². The largest absolute Gasteiger partial charge is 0.384 e. The number of amides is 1. The van der Waals surface area contributed by atoms with Crippen LogP contribution in [0.25, 0.3) is 0 Å². The number of rotatable bonds is 5. The number of halogens is 1. The van der Waals surface area contributed by atoms with Crippen LogP contribution in [0.4, 0.5) is 5.82 Å². The molecular formula is C18H23BrN4O2. The standard InChI is InChI=1S/C18H23BrN4O2/c1-12-11-22(6-7-23(12)16(24)5-8-25-2)18-14(10-20)9-15(19)17(21-18)13-3-4-13/h9,12-13H,3-8,11H2,1-2H3/t12-/m1/s1. The number of ether oxygens (including phenoxy) is 1. The number of carbonyl (C=O) groups excluding carboxylic acids is 1. The highest BCUT2D eigenvalue weighted by Gasteiger charge is 2.32. The Labute approximate surface area is 156 Å². The van der Waals surface area contributed by atoms with E-state index in [0.717, 1.165) is 28.8 Å². The molecule has 7 heteroatoms. The number of methoxy groups -OCH3 is 1. The Balaban J connectivity index is 1.76. The van der Waals surface area contributed by atoms with E-state index in [4.69, 9.17) is 9.72 Å². The van der Waals surface area contributed by atoms with Crippen LogP contribution >= 0.6 is 15.9 Å². The lowest BCUT2D eigenvalue weighted by atomic mass is 10.1. The van der Waals surface area contributed by atoms with Crippen molar-refractivity contribution < 1.29 is 9.53 Å². The molecule has 3 rings (SSSR count). The van der Waals surface area contributed by atoms with E-state index >= 15 is 0 Å². The third-order valence-electron chi connectivity index (χ3n) is 4.83. The third-order valence-corrected chi connectivity index (χ3v) is 5.47. The van der Waals surface area contributed by atoms with Gasteiger partial charge in [-0.3, -0.25) is 4.79 Å². The topological polar surface area (TPSA) is 69.5 Å². The quantitative estimate of drug-likeness (QED) is 0.751. The molecule has 0 N–H and O–H groups in total. The van der Waals surface area contributed by atoms with Crippen LogP contribution in [-0.2, 0) is 9.53 Å². The van der Waals surface area contributed by atoms with Gasteiger partial charge in [-0.05, 0) is 41.8 Å². The Morgan fingerprint density at radius 2 is 2.24 bits per heavy atom. The molecule has 0 bridgehead atoms. The van der Waals surface area contributed by atoms with E-state index in [1.54, 1.807) is 7.11 Å². The summed E-state index contributed by atoms with van der Waals surface area (Å²) in [5, 5.41) is 9.51. The molecule has 1 aliphatic heterocycles. The minimum Gasteiger partial charge on any atom is -0.384 e. The number of hydrogen-bond donors (Lipinski definition) is 0. The van der Waals surface area contributed by atoms with Crippen LogP contribution in [0.3, 0.4) is 0 Å². The SMILES string of the molecule is COCCC(=O)N1CCN(c2nc(C3CC3)c(Br)cc2C#N)C[C@H]1C. The first-order valence-corrected chi connectivity index (χ1v) is 9.48. The van der Waals surface area contributed by atoms with E-state index in [0.29, 0.717) is 44.1 Å². The highest BCUT2D eigenvalue weighted by molar-refractivity contribution is 9.10. The number of piperazine rings is 1. The Hall–Kier alpha value is -1.65. The summed E-state index contributed by atoms with van der Waals surface area (Å²) in [6.07, 6.45) is 2.73. The molecule has 0 spiro atoms. The van der Waals surface area contributed by atoms with E-state index in [1.165, 1.54) is 0 Å². The van der Waals surface area contributed by atoms with Crippen LogP contribution in [0.1, 0.15) is 43.4 Å². The molecule has 0 aromatic carbocycles. The molecule has 1 saturated carbocycles. The predicted octanol–water partition coefficient (Wildman–Crippen LogP) is 2.67. The van der Waals surface area contributed by atoms with Crippen LogP contribution in [-0.4, -0.2) is 55.2 Å². The van der Waals surface area contributed by atoms with Crippen LogP contribution in [0, 0.1) is 11.3 Å². The van der Waals surface area contributed by atoms with Crippen molar-refractivity contribution in [3.63, 3.8) is 0 Å². The van der Waals surface area contributed by atoms with E-state index < -0.39 is 0 Å². The molecular weight excluding hydrogens is 384 g/mol. The van der Waals surface area contributed by atoms with Gasteiger partial charge in [0.15, 0.2) is 0 Å². The lowest BCUT2D eigenvalue weighted by Gasteiger charge is -2.40. The summed E-state index contributed by atoms with van der Waals surface area (Å²) in [5.41, 5.74) is 1.64. The van der Waals surface area contributed by atoms with Crippen LogP contribution < -0.4 is 4.90 Å². The molecule has 0 unspecified atom stereocenters. The first-order valence-electron chi connectivity index (χ1n) is 8.69. The maximum absolute atomic E-state index is 12.3. The van der Waals surface area contributed by atoms with Crippen molar-refractivity contribution in [1.82, 2.24) is 9.88 Å². The fourth-order valence-corrected chi connectivity index (χ4v) is 3.95. The van der Waals surface area contributed by atoms with Crippen molar-refractivity contribution in [2.24, 2.45) is 0 Å². The maximum atomic E-state index is 12.3. The van der Waals surface area contributed by atoms with Gasteiger partial charge in [0.2, 0.25) is 5.91 Å². The van der Waals surface area contributed by atoms with Crippen molar-refractivity contribution in [3.05, 3.63) is 21.8 Å². The molecule has 1 amide bonds. The monoisotopic (exact) mass is 406 g/mol. The molecule has 25 heavy (non-hydrogen) atoms. The zero-order chi connectivity index (χ0) is 18.0. The van der Waals surface area contributed by atoms with Crippen molar-refractivity contribution in [1.29, 1.82) is 5.26 Å². The second-order valence-electron chi connectivity index (χ2n) is 6.74. The number of aromatic nitrogens is 1. The van der Waals surface area contributed by atoms with Gasteiger partial charge in [-0.1, -0.05) is 0 Å². The van der Waals surface area contributed by atoms with E-state index in [-0.39, 0.29) is 11.9 Å². The van der Waals surface area contributed by atoms with Crippen molar-refractivity contribution in [3.8, 4) is 6.07 Å². The smallest absolute Gasteiger partial charge is 0.225 e. The summed E-state index contributed by atoms with van der Waals surface area (Å²) < 4.78 is 5.93. The second kappa shape index (κ2) is 7.71. The first-order chi connectivity index (χ1) is 12.0. The molecule has 134 valence electrons. The Morgan fingerprint density at radius 1 is 1.48 bits per heavy atom. The molecule has 1 saturated heterocycles. The molecule has 1 aromatic heterocycles. The number of nitrogens with zero attached hydrogens (tertiary/aromatic N) is 4. The molecule has 0 radical (unpaired) electrons. The third kappa shape index (κ3) is 3.96. The summed E-state index contributed by atoms with van der Waals surface area (Å²) in [6, 6.07) is 4.23. The summed E-state index contributed by atoms with van der Waals surface area (Å²) >= 11 is 3.55. The van der Waals surface area contributed by atoms with Gasteiger partial charge in [0.05, 0.1) is 24.3 Å². The Kier molecular flexibility index (Phi) is 5.60. The van der Waals surface area contributed by atoms with Crippen molar-refractivity contribution in [2.75, 3.05) is 38.3 Å². The average Bonchev–Trinajstić information content (AvgIpc) is 3.44. The zero-order valence-electron chi connectivity index (χ0n) is 14.7. The molecule has 6 nitrogen and oxygen atoms in total. The van der Waals surface area contributed by atoms with Gasteiger partial charge >= 0.3 is 0 Å². The fourth-order valence-electron chi connectivity index (χ4n) is 3.31. The minimum absolute atomic E-state index is 0.0828. The summed E-state index contributed by atoms with van der Waals surface area (Å²) in [6.45, 7) is 4.51. The minimum atomic E-state index is 0.0828. The zero-order valence-corrected chi connectivity index (χ0v) is 16.3. The molecule has 1 aromatic rings. The number of pyridine rings is 1. The van der Waals surface area contributed by atoms with Crippen LogP contribution in [0.5, 0.6) is 0 Å². The summed E-state index contributed by atoms with van der Waals surface area (Å²) in [7, 11) is 1.61. The van der Waals surface area contributed by atoms with Gasteiger partial charge in [-0.15, -0.1) is 0 Å². The van der Waals surface area contributed by atoms with E-state index in [1.807, 2.05) is 17.9 Å². The molecule has 2 fully saturated rings. The van der Waals surface area contributed by atoms with Crippen molar-refractivity contribution in [2.45, 2.75) is 38.1 Å². The summed E-state index contributed by atoms with van der Waals surface area (Å²) in [4.78, 5) is 21.1. The Bertz CT molecular complexity index is 699. The van der Waals surface area contributed by atoms with Gasteiger partial charge in [0, 0.05) is 43.2 Å². The summed E-state index contributed by atoms with van der Waals surface area (Å²) in [5.74, 6) is 1.38. The number of carbonyl (C=O) groups is 1. The van der Waals surface area contributed by atoms with Gasteiger partial charge in [0.1, 0.15) is 11.9 Å². The highest BCUT2D eigenvalue weighted by Crippen LogP contribution is 2.43. The van der Waals surface area contributed by atoms with Gasteiger partial charge in [-0.25, -0.2) is 4.98 Å². The molecule has 1 aliphatic carbocycles. The first kappa shape index (κ1) is 18.2. The second-order valence-corrected chi connectivity index (χ2v) is 7.59. The maximum Gasteiger partial charge on any atom is 0.225 e.